The molecule has 3 aromatic rings. The van der Waals surface area contributed by atoms with Crippen molar-refractivity contribution in [2.45, 2.75) is 6.61 Å². The second kappa shape index (κ2) is 7.47. The van der Waals surface area contributed by atoms with Gasteiger partial charge in [-0.05, 0) is 24.3 Å². The number of carbonyl (C=O) groups excluding carboxylic acids is 1. The van der Waals surface area contributed by atoms with Gasteiger partial charge in [-0.1, -0.05) is 17.3 Å². The smallest absolute Gasteiger partial charge is 0.338 e. The van der Waals surface area contributed by atoms with Crippen molar-refractivity contribution >= 4 is 11.7 Å². The fourth-order valence-electron chi connectivity index (χ4n) is 2.23. The van der Waals surface area contributed by atoms with Gasteiger partial charge in [0, 0.05) is 23.8 Å². The summed E-state index contributed by atoms with van der Waals surface area (Å²) in [5, 5.41) is 14.5. The molecule has 1 heterocycles. The molecule has 0 unspecified atom stereocenters. The molecule has 2 aromatic carbocycles. The highest BCUT2D eigenvalue weighted by Gasteiger charge is 2.13. The number of nitro groups is 1. The molecule has 0 spiro atoms. The predicted octanol–water partition coefficient (Wildman–Crippen LogP) is 3.62. The third-order valence-corrected chi connectivity index (χ3v) is 3.58. The van der Waals surface area contributed by atoms with E-state index in [-0.39, 0.29) is 17.9 Å². The van der Waals surface area contributed by atoms with E-state index in [0.717, 1.165) is 5.56 Å². The van der Waals surface area contributed by atoms with Gasteiger partial charge in [-0.3, -0.25) is 10.1 Å². The third-order valence-electron chi connectivity index (χ3n) is 3.58. The first-order valence-electron chi connectivity index (χ1n) is 7.58. The average molecular weight is 354 g/mol. The van der Waals surface area contributed by atoms with Crippen LogP contribution in [0.1, 0.15) is 16.1 Å². The number of rotatable bonds is 6. The van der Waals surface area contributed by atoms with Crippen LogP contribution in [0.2, 0.25) is 0 Å². The van der Waals surface area contributed by atoms with Crippen LogP contribution < -0.4 is 4.74 Å². The number of hydrogen-bond donors (Lipinski definition) is 0. The molecule has 1 aromatic heterocycles. The zero-order chi connectivity index (χ0) is 18.5. The Hall–Kier alpha value is -3.68. The highest BCUT2D eigenvalue weighted by atomic mass is 16.6. The summed E-state index contributed by atoms with van der Waals surface area (Å²) in [7, 11) is 1.57. The minimum absolute atomic E-state index is 0.0801. The van der Waals surface area contributed by atoms with Crippen LogP contribution in [-0.4, -0.2) is 23.2 Å². The maximum Gasteiger partial charge on any atom is 0.338 e. The maximum atomic E-state index is 12.0. The topological polar surface area (TPSA) is 105 Å². The molecular weight excluding hydrogens is 340 g/mol. The van der Waals surface area contributed by atoms with Gasteiger partial charge in [-0.15, -0.1) is 0 Å². The minimum Gasteiger partial charge on any atom is -0.497 e. The molecule has 0 saturated heterocycles. The lowest BCUT2D eigenvalue weighted by Crippen LogP contribution is -2.05. The van der Waals surface area contributed by atoms with Crippen molar-refractivity contribution < 1.29 is 23.7 Å². The first-order chi connectivity index (χ1) is 12.6. The van der Waals surface area contributed by atoms with E-state index in [1.807, 2.05) is 18.2 Å². The summed E-state index contributed by atoms with van der Waals surface area (Å²) in [6, 6.07) is 14.1. The molecule has 0 bridgehead atoms. The van der Waals surface area contributed by atoms with Crippen LogP contribution in [0.15, 0.2) is 59.1 Å². The van der Waals surface area contributed by atoms with E-state index in [1.165, 1.54) is 24.3 Å². The molecule has 0 fully saturated rings. The van der Waals surface area contributed by atoms with Crippen LogP contribution in [0.25, 0.3) is 11.3 Å². The molecule has 132 valence electrons. The lowest BCUT2D eigenvalue weighted by Gasteiger charge is -2.02. The summed E-state index contributed by atoms with van der Waals surface area (Å²) in [5.41, 5.74) is 1.34. The Balaban J connectivity index is 1.64. The Kier molecular flexibility index (Phi) is 4.93. The second-order valence-corrected chi connectivity index (χ2v) is 5.29. The van der Waals surface area contributed by atoms with Gasteiger partial charge < -0.3 is 14.0 Å². The Labute approximate surface area is 148 Å². The molecule has 0 radical (unpaired) electrons. The second-order valence-electron chi connectivity index (χ2n) is 5.29. The Bertz CT molecular complexity index is 933. The first-order valence-corrected chi connectivity index (χ1v) is 7.58. The number of hydrogen-bond acceptors (Lipinski definition) is 7. The number of non-ortho nitro benzene ring substituents is 1. The summed E-state index contributed by atoms with van der Waals surface area (Å²) in [5.74, 6) is 0.598. The molecule has 3 rings (SSSR count). The van der Waals surface area contributed by atoms with E-state index in [9.17, 15) is 14.9 Å². The van der Waals surface area contributed by atoms with Gasteiger partial charge in [0.05, 0.1) is 17.6 Å². The van der Waals surface area contributed by atoms with E-state index in [0.29, 0.717) is 17.2 Å². The number of esters is 1. The molecular formula is C18H14N2O6. The fourth-order valence-corrected chi connectivity index (χ4v) is 2.23. The zero-order valence-electron chi connectivity index (χ0n) is 13.7. The van der Waals surface area contributed by atoms with E-state index in [1.54, 1.807) is 19.2 Å². The van der Waals surface area contributed by atoms with Gasteiger partial charge in [0.25, 0.3) is 5.69 Å². The number of carbonyl (C=O) groups is 1. The highest BCUT2D eigenvalue weighted by Crippen LogP contribution is 2.24. The summed E-state index contributed by atoms with van der Waals surface area (Å²) in [6.07, 6.45) is 0. The quantitative estimate of drug-likeness (QED) is 0.378. The molecule has 0 aliphatic heterocycles. The van der Waals surface area contributed by atoms with Gasteiger partial charge in [-0.25, -0.2) is 4.79 Å². The molecule has 0 aliphatic rings. The van der Waals surface area contributed by atoms with Crippen LogP contribution in [-0.2, 0) is 11.3 Å². The molecule has 0 atom stereocenters. The fraction of sp³-hybridized carbons (Fsp3) is 0.111. The van der Waals surface area contributed by atoms with E-state index in [2.05, 4.69) is 5.16 Å². The number of methoxy groups -OCH3 is 1. The standard InChI is InChI=1S/C18H14N2O6/c1-24-16-4-2-3-13(9-16)17-10-14(19-26-17)11-25-18(21)12-5-7-15(8-6-12)20(22)23/h2-10H,11H2,1H3. The van der Waals surface area contributed by atoms with Crippen molar-refractivity contribution in [1.82, 2.24) is 5.16 Å². The summed E-state index contributed by atoms with van der Waals surface area (Å²) >= 11 is 0. The van der Waals surface area contributed by atoms with Gasteiger partial charge in [0.15, 0.2) is 5.76 Å². The van der Waals surface area contributed by atoms with Crippen LogP contribution >= 0.6 is 0 Å². The Morgan fingerprint density at radius 2 is 1.96 bits per heavy atom. The number of nitro benzene ring substituents is 1. The van der Waals surface area contributed by atoms with Gasteiger partial charge in [0.2, 0.25) is 0 Å². The molecule has 8 heteroatoms. The highest BCUT2D eigenvalue weighted by molar-refractivity contribution is 5.89. The van der Waals surface area contributed by atoms with Crippen LogP contribution in [0.3, 0.4) is 0 Å². The molecule has 0 saturated carbocycles. The zero-order valence-corrected chi connectivity index (χ0v) is 13.7. The third kappa shape index (κ3) is 3.86. The molecule has 0 aliphatic carbocycles. The number of nitrogens with zero attached hydrogens (tertiary/aromatic N) is 2. The summed E-state index contributed by atoms with van der Waals surface area (Å²) in [6.45, 7) is -0.0801. The predicted molar refractivity (Wildman–Crippen MR) is 90.7 cm³/mol. The number of benzene rings is 2. The summed E-state index contributed by atoms with van der Waals surface area (Å²) < 4.78 is 15.6. The van der Waals surface area contributed by atoms with E-state index < -0.39 is 10.9 Å². The van der Waals surface area contributed by atoms with E-state index in [4.69, 9.17) is 14.0 Å². The molecule has 0 amide bonds. The Morgan fingerprint density at radius 3 is 2.65 bits per heavy atom. The Morgan fingerprint density at radius 1 is 1.19 bits per heavy atom. The van der Waals surface area contributed by atoms with Crippen molar-refractivity contribution in [2.75, 3.05) is 7.11 Å². The first kappa shape index (κ1) is 17.2. The minimum atomic E-state index is -0.606. The van der Waals surface area contributed by atoms with Gasteiger partial charge in [-0.2, -0.15) is 0 Å². The van der Waals surface area contributed by atoms with Crippen LogP contribution in [0.4, 0.5) is 5.69 Å². The SMILES string of the molecule is COc1cccc(-c2cc(COC(=O)c3ccc([N+](=O)[O-])cc3)no2)c1. The average Bonchev–Trinajstić information content (AvgIpc) is 3.15. The maximum absolute atomic E-state index is 12.0. The molecule has 8 nitrogen and oxygen atoms in total. The van der Waals surface area contributed by atoms with Crippen molar-refractivity contribution in [3.63, 3.8) is 0 Å². The normalized spacial score (nSPS) is 10.3. The van der Waals surface area contributed by atoms with Gasteiger partial charge in [0.1, 0.15) is 18.1 Å². The number of aromatic nitrogens is 1. The number of ether oxygens (including phenoxy) is 2. The monoisotopic (exact) mass is 354 g/mol. The largest absolute Gasteiger partial charge is 0.497 e. The molecule has 26 heavy (non-hydrogen) atoms. The van der Waals surface area contributed by atoms with E-state index >= 15 is 0 Å². The van der Waals surface area contributed by atoms with Crippen molar-refractivity contribution in [3.05, 3.63) is 76.0 Å². The lowest BCUT2D eigenvalue weighted by atomic mass is 10.1. The summed E-state index contributed by atoms with van der Waals surface area (Å²) in [4.78, 5) is 22.1. The van der Waals surface area contributed by atoms with Crippen LogP contribution in [0, 0.1) is 10.1 Å². The van der Waals surface area contributed by atoms with Crippen molar-refractivity contribution in [1.29, 1.82) is 0 Å². The van der Waals surface area contributed by atoms with Crippen LogP contribution in [0.5, 0.6) is 5.75 Å². The lowest BCUT2D eigenvalue weighted by molar-refractivity contribution is -0.384. The van der Waals surface area contributed by atoms with Crippen molar-refractivity contribution in [2.24, 2.45) is 0 Å². The molecule has 0 N–H and O–H groups in total. The van der Waals surface area contributed by atoms with Gasteiger partial charge >= 0.3 is 5.97 Å². The van der Waals surface area contributed by atoms with Crippen molar-refractivity contribution in [3.8, 4) is 17.1 Å².